The number of carbonyl (C=O) groups excluding carboxylic acids is 1. The van der Waals surface area contributed by atoms with Gasteiger partial charge in [0, 0.05) is 24.1 Å². The Labute approximate surface area is 199 Å². The van der Waals surface area contributed by atoms with Crippen LogP contribution in [0.25, 0.3) is 11.5 Å². The van der Waals surface area contributed by atoms with E-state index in [-0.39, 0.29) is 54.5 Å². The molecule has 0 unspecified atom stereocenters. The highest BCUT2D eigenvalue weighted by molar-refractivity contribution is 7.91. The molecular formula is C23H23F3N4O4S. The molecule has 186 valence electrons. The fourth-order valence-electron chi connectivity index (χ4n) is 4.02. The summed E-state index contributed by atoms with van der Waals surface area (Å²) in [5.74, 6) is -4.15. The molecule has 1 aliphatic rings. The van der Waals surface area contributed by atoms with Gasteiger partial charge < -0.3 is 15.5 Å². The van der Waals surface area contributed by atoms with Gasteiger partial charge >= 0.3 is 0 Å². The smallest absolute Gasteiger partial charge is 0.247 e. The van der Waals surface area contributed by atoms with Crippen LogP contribution >= 0.6 is 0 Å². The summed E-state index contributed by atoms with van der Waals surface area (Å²) in [6, 6.07) is 9.16. The van der Waals surface area contributed by atoms with Crippen LogP contribution < -0.4 is 11.1 Å². The molecule has 1 fully saturated rings. The van der Waals surface area contributed by atoms with Gasteiger partial charge in [-0.3, -0.25) is 4.79 Å². The maximum absolute atomic E-state index is 14.0. The Morgan fingerprint density at radius 3 is 2.40 bits per heavy atom. The number of nitrogens with zero attached hydrogens (tertiary/aromatic N) is 2. The highest BCUT2D eigenvalue weighted by Crippen LogP contribution is 2.35. The normalized spacial score (nSPS) is 17.6. The average molecular weight is 509 g/mol. The number of aromatic nitrogens is 2. The number of hydrogen-bond donors (Lipinski definition) is 2. The summed E-state index contributed by atoms with van der Waals surface area (Å²) in [6.45, 7) is 0. The second-order valence-corrected chi connectivity index (χ2v) is 10.9. The predicted molar refractivity (Wildman–Crippen MR) is 120 cm³/mol. The number of rotatable bonds is 7. The third-order valence-corrected chi connectivity index (χ3v) is 7.58. The molecular weight excluding hydrogens is 485 g/mol. The maximum Gasteiger partial charge on any atom is 0.247 e. The van der Waals surface area contributed by atoms with E-state index in [0.717, 1.165) is 0 Å². The van der Waals surface area contributed by atoms with Crippen LogP contribution in [-0.2, 0) is 26.6 Å². The summed E-state index contributed by atoms with van der Waals surface area (Å²) in [5.41, 5.74) is 5.25. The van der Waals surface area contributed by atoms with Gasteiger partial charge in [0.1, 0.15) is 11.4 Å². The minimum absolute atomic E-state index is 0.0184. The third-order valence-electron chi connectivity index (χ3n) is 5.93. The van der Waals surface area contributed by atoms with Crippen molar-refractivity contribution in [1.29, 1.82) is 0 Å². The largest absolute Gasteiger partial charge is 0.418 e. The van der Waals surface area contributed by atoms with Crippen molar-refractivity contribution in [3.63, 3.8) is 0 Å². The highest BCUT2D eigenvalue weighted by Gasteiger charge is 2.44. The predicted octanol–water partition coefficient (Wildman–Crippen LogP) is 2.63. The van der Waals surface area contributed by atoms with E-state index in [2.05, 4.69) is 15.5 Å². The Morgan fingerprint density at radius 1 is 1.06 bits per heavy atom. The molecule has 0 radical (unpaired) electrons. The van der Waals surface area contributed by atoms with E-state index in [4.69, 9.17) is 10.2 Å². The summed E-state index contributed by atoms with van der Waals surface area (Å²) in [7, 11) is -3.29. The summed E-state index contributed by atoms with van der Waals surface area (Å²) in [4.78, 5) is 12.9. The Morgan fingerprint density at radius 2 is 1.71 bits per heavy atom. The van der Waals surface area contributed by atoms with Crippen molar-refractivity contribution >= 4 is 15.7 Å². The van der Waals surface area contributed by atoms with Crippen molar-refractivity contribution in [1.82, 2.24) is 15.5 Å². The second kappa shape index (κ2) is 9.78. The molecule has 1 amide bonds. The molecule has 2 heterocycles. The van der Waals surface area contributed by atoms with Gasteiger partial charge in [-0.25, -0.2) is 21.6 Å². The zero-order chi connectivity index (χ0) is 25.2. The molecule has 35 heavy (non-hydrogen) atoms. The van der Waals surface area contributed by atoms with Crippen LogP contribution in [0.2, 0.25) is 0 Å². The zero-order valence-corrected chi connectivity index (χ0v) is 19.3. The summed E-state index contributed by atoms with van der Waals surface area (Å²) < 4.78 is 70.5. The molecule has 8 nitrogen and oxygen atoms in total. The van der Waals surface area contributed by atoms with Crippen molar-refractivity contribution in [2.75, 3.05) is 11.5 Å². The first kappa shape index (κ1) is 24.9. The van der Waals surface area contributed by atoms with Gasteiger partial charge in [0.25, 0.3) is 0 Å². The number of carbonyl (C=O) groups is 1. The SMILES string of the molecule is N[C@@H](CC(=O)NC1(c2nnc(-c3ccccc3)o2)CCS(=O)(=O)CC1)Cc1cc(F)c(F)cc1F. The van der Waals surface area contributed by atoms with Gasteiger partial charge in [0.15, 0.2) is 21.5 Å². The zero-order valence-electron chi connectivity index (χ0n) is 18.5. The van der Waals surface area contributed by atoms with E-state index in [0.29, 0.717) is 17.7 Å². The molecule has 1 aliphatic heterocycles. The first-order chi connectivity index (χ1) is 16.6. The standard InChI is InChI=1S/C23H23F3N4O4S/c24-17-13-19(26)18(25)11-15(17)10-16(27)12-20(31)28-23(6-8-35(32,33)9-7-23)22-30-29-21(34-22)14-4-2-1-3-5-14/h1-5,11,13,16H,6-10,12,27H2,(H,28,31)/t16-/m1/s1. The molecule has 2 aromatic carbocycles. The average Bonchev–Trinajstić information content (AvgIpc) is 3.31. The lowest BCUT2D eigenvalue weighted by Crippen LogP contribution is -2.52. The van der Waals surface area contributed by atoms with Crippen LogP contribution in [0.15, 0.2) is 46.9 Å². The molecule has 4 rings (SSSR count). The van der Waals surface area contributed by atoms with Gasteiger partial charge in [0.2, 0.25) is 17.7 Å². The Kier molecular flexibility index (Phi) is 6.95. The fourth-order valence-corrected chi connectivity index (χ4v) is 5.55. The van der Waals surface area contributed by atoms with Gasteiger partial charge in [-0.2, -0.15) is 0 Å². The van der Waals surface area contributed by atoms with Crippen LogP contribution in [-0.4, -0.2) is 42.1 Å². The van der Waals surface area contributed by atoms with E-state index in [1.807, 2.05) is 6.07 Å². The molecule has 1 saturated heterocycles. The van der Waals surface area contributed by atoms with Crippen LogP contribution in [0.3, 0.4) is 0 Å². The Balaban J connectivity index is 1.51. The number of halogens is 3. The minimum atomic E-state index is -3.29. The van der Waals surface area contributed by atoms with Gasteiger partial charge in [-0.1, -0.05) is 18.2 Å². The molecule has 0 bridgehead atoms. The molecule has 0 saturated carbocycles. The third kappa shape index (κ3) is 5.70. The topological polar surface area (TPSA) is 128 Å². The summed E-state index contributed by atoms with van der Waals surface area (Å²) in [6.07, 6.45) is -0.460. The van der Waals surface area contributed by atoms with E-state index in [1.165, 1.54) is 0 Å². The molecule has 3 N–H and O–H groups in total. The number of amides is 1. The van der Waals surface area contributed by atoms with Crippen LogP contribution in [0.5, 0.6) is 0 Å². The van der Waals surface area contributed by atoms with E-state index >= 15 is 0 Å². The molecule has 12 heteroatoms. The van der Waals surface area contributed by atoms with Gasteiger partial charge in [-0.05, 0) is 43.0 Å². The first-order valence-corrected chi connectivity index (χ1v) is 12.7. The van der Waals surface area contributed by atoms with Crippen LogP contribution in [0.1, 0.15) is 30.7 Å². The first-order valence-electron chi connectivity index (χ1n) is 10.9. The van der Waals surface area contributed by atoms with Crippen LogP contribution in [0, 0.1) is 17.5 Å². The van der Waals surface area contributed by atoms with E-state index < -0.39 is 44.8 Å². The monoisotopic (exact) mass is 508 g/mol. The van der Waals surface area contributed by atoms with Crippen molar-refractivity contribution < 1.29 is 30.8 Å². The van der Waals surface area contributed by atoms with Gasteiger partial charge in [-0.15, -0.1) is 10.2 Å². The lowest BCUT2D eigenvalue weighted by Gasteiger charge is -2.35. The quantitative estimate of drug-likeness (QED) is 0.470. The molecule has 1 atom stereocenters. The van der Waals surface area contributed by atoms with Crippen molar-refractivity contribution in [2.24, 2.45) is 5.73 Å². The van der Waals surface area contributed by atoms with Crippen molar-refractivity contribution in [2.45, 2.75) is 37.3 Å². The number of nitrogens with two attached hydrogens (primary N) is 1. The maximum atomic E-state index is 14.0. The minimum Gasteiger partial charge on any atom is -0.418 e. The molecule has 0 spiro atoms. The van der Waals surface area contributed by atoms with Crippen LogP contribution in [0.4, 0.5) is 13.2 Å². The van der Waals surface area contributed by atoms with Gasteiger partial charge in [0.05, 0.1) is 11.5 Å². The molecule has 3 aromatic rings. The van der Waals surface area contributed by atoms with E-state index in [9.17, 15) is 26.4 Å². The molecule has 0 aliphatic carbocycles. The summed E-state index contributed by atoms with van der Waals surface area (Å²) in [5, 5.41) is 10.9. The lowest BCUT2D eigenvalue weighted by atomic mass is 9.91. The second-order valence-electron chi connectivity index (χ2n) is 8.59. The lowest BCUT2D eigenvalue weighted by molar-refractivity contribution is -0.124. The number of nitrogens with one attached hydrogen (secondary N) is 1. The summed E-state index contributed by atoms with van der Waals surface area (Å²) >= 11 is 0. The van der Waals surface area contributed by atoms with Crippen molar-refractivity contribution in [3.05, 3.63) is 71.4 Å². The van der Waals surface area contributed by atoms with Crippen molar-refractivity contribution in [3.8, 4) is 11.5 Å². The van der Waals surface area contributed by atoms with E-state index in [1.54, 1.807) is 24.3 Å². The number of hydrogen-bond acceptors (Lipinski definition) is 7. The molecule has 1 aromatic heterocycles. The Hall–Kier alpha value is -3.25. The number of benzene rings is 2. The fraction of sp³-hybridized carbons (Fsp3) is 0.348. The highest BCUT2D eigenvalue weighted by atomic mass is 32.2. The number of sulfone groups is 1. The Bertz CT molecular complexity index is 1320.